The largest absolute Gasteiger partial charge is 0.344 e. The number of hydrogen-bond donors (Lipinski definition) is 0. The normalized spacial score (nSPS) is 11.3. The van der Waals surface area contributed by atoms with Crippen LogP contribution in [0.1, 0.15) is 19.4 Å². The van der Waals surface area contributed by atoms with Gasteiger partial charge in [0.15, 0.2) is 0 Å². The molecule has 0 radical (unpaired) electrons. The maximum Gasteiger partial charge on any atom is 0.216 e. The van der Waals surface area contributed by atoms with Gasteiger partial charge >= 0.3 is 0 Å². The minimum Gasteiger partial charge on any atom is -0.344 e. The molecule has 0 unspecified atom stereocenters. The molecule has 0 bridgehead atoms. The van der Waals surface area contributed by atoms with Crippen LogP contribution in [-0.4, -0.2) is 22.5 Å². The standard InChI is InChI=1S/C19H23N3S/c1-15(2)13-21(3)19-20-17-11-7-8-12-18(17)22(19)23-14-16-9-5-4-6-10-16/h4-12,15H,13-14H2,1-3H3. The Morgan fingerprint density at radius 3 is 2.48 bits per heavy atom. The lowest BCUT2D eigenvalue weighted by Crippen LogP contribution is -2.24. The summed E-state index contributed by atoms with van der Waals surface area (Å²) in [4.78, 5) is 7.10. The zero-order valence-corrected chi connectivity index (χ0v) is 14.8. The zero-order chi connectivity index (χ0) is 16.2. The average molecular weight is 325 g/mol. The van der Waals surface area contributed by atoms with Gasteiger partial charge in [0.25, 0.3) is 0 Å². The number of benzene rings is 2. The van der Waals surface area contributed by atoms with Crippen LogP contribution in [0, 0.1) is 5.92 Å². The number of rotatable bonds is 6. The highest BCUT2D eigenvalue weighted by Crippen LogP contribution is 2.29. The predicted octanol–water partition coefficient (Wildman–Crippen LogP) is 4.83. The summed E-state index contributed by atoms with van der Waals surface area (Å²) in [5, 5.41) is 0. The highest BCUT2D eigenvalue weighted by atomic mass is 32.2. The molecule has 0 aliphatic heterocycles. The molecule has 0 aliphatic rings. The fourth-order valence-electron chi connectivity index (χ4n) is 2.70. The van der Waals surface area contributed by atoms with Gasteiger partial charge < -0.3 is 4.90 Å². The lowest BCUT2D eigenvalue weighted by atomic mass is 10.2. The van der Waals surface area contributed by atoms with Crippen molar-refractivity contribution >= 4 is 28.9 Å². The first-order chi connectivity index (χ1) is 11.1. The molecule has 0 spiro atoms. The molecular weight excluding hydrogens is 302 g/mol. The molecule has 120 valence electrons. The molecule has 0 aliphatic carbocycles. The van der Waals surface area contributed by atoms with Crippen molar-refractivity contribution in [2.75, 3.05) is 18.5 Å². The Hall–Kier alpha value is -1.94. The summed E-state index contributed by atoms with van der Waals surface area (Å²) in [7, 11) is 2.13. The van der Waals surface area contributed by atoms with Gasteiger partial charge in [-0.25, -0.2) is 4.98 Å². The Bertz CT molecular complexity index is 765. The molecule has 3 rings (SSSR count). The fraction of sp³-hybridized carbons (Fsp3) is 0.316. The van der Waals surface area contributed by atoms with Crippen LogP contribution in [0.4, 0.5) is 5.95 Å². The van der Waals surface area contributed by atoms with Crippen molar-refractivity contribution in [1.82, 2.24) is 8.96 Å². The third-order valence-electron chi connectivity index (χ3n) is 3.69. The van der Waals surface area contributed by atoms with Crippen LogP contribution in [0.2, 0.25) is 0 Å². The summed E-state index contributed by atoms with van der Waals surface area (Å²) in [6.07, 6.45) is 0. The van der Waals surface area contributed by atoms with Crippen molar-refractivity contribution in [3.63, 3.8) is 0 Å². The summed E-state index contributed by atoms with van der Waals surface area (Å²) in [5.74, 6) is 2.57. The van der Waals surface area contributed by atoms with Crippen LogP contribution in [0.3, 0.4) is 0 Å². The number of anilines is 1. The summed E-state index contributed by atoms with van der Waals surface area (Å²) < 4.78 is 2.27. The lowest BCUT2D eigenvalue weighted by Gasteiger charge is -2.21. The summed E-state index contributed by atoms with van der Waals surface area (Å²) in [5.41, 5.74) is 3.56. The van der Waals surface area contributed by atoms with E-state index < -0.39 is 0 Å². The van der Waals surface area contributed by atoms with Gasteiger partial charge in [-0.3, -0.25) is 3.97 Å². The number of imidazole rings is 1. The molecule has 0 fully saturated rings. The first kappa shape index (κ1) is 15.9. The Balaban J connectivity index is 1.92. The van der Waals surface area contributed by atoms with Gasteiger partial charge in [-0.2, -0.15) is 0 Å². The number of aromatic nitrogens is 2. The minimum atomic E-state index is 0.604. The molecule has 1 heterocycles. The van der Waals surface area contributed by atoms with Crippen molar-refractivity contribution in [3.05, 3.63) is 60.2 Å². The van der Waals surface area contributed by atoms with Gasteiger partial charge in [0.1, 0.15) is 0 Å². The quantitative estimate of drug-likeness (QED) is 0.648. The van der Waals surface area contributed by atoms with E-state index in [-0.39, 0.29) is 0 Å². The molecule has 0 atom stereocenters. The lowest BCUT2D eigenvalue weighted by molar-refractivity contribution is 0.631. The van der Waals surface area contributed by atoms with E-state index in [0.29, 0.717) is 5.92 Å². The first-order valence-corrected chi connectivity index (χ1v) is 8.95. The Morgan fingerprint density at radius 2 is 1.74 bits per heavy atom. The van der Waals surface area contributed by atoms with Crippen molar-refractivity contribution in [2.45, 2.75) is 19.6 Å². The van der Waals surface area contributed by atoms with E-state index in [1.165, 1.54) is 11.1 Å². The molecular formula is C19H23N3S. The summed E-state index contributed by atoms with van der Waals surface area (Å²) >= 11 is 1.80. The monoisotopic (exact) mass is 325 g/mol. The van der Waals surface area contributed by atoms with Crippen LogP contribution in [0.25, 0.3) is 11.0 Å². The molecule has 23 heavy (non-hydrogen) atoms. The minimum absolute atomic E-state index is 0.604. The number of nitrogens with zero attached hydrogens (tertiary/aromatic N) is 3. The molecule has 2 aromatic carbocycles. The van der Waals surface area contributed by atoms with E-state index in [4.69, 9.17) is 4.98 Å². The van der Waals surface area contributed by atoms with E-state index in [0.717, 1.165) is 23.8 Å². The second-order valence-electron chi connectivity index (χ2n) is 6.23. The first-order valence-electron chi connectivity index (χ1n) is 8.01. The van der Waals surface area contributed by atoms with Crippen molar-refractivity contribution in [1.29, 1.82) is 0 Å². The molecule has 4 heteroatoms. The maximum absolute atomic E-state index is 4.85. The van der Waals surface area contributed by atoms with E-state index in [2.05, 4.69) is 78.3 Å². The molecule has 0 amide bonds. The Labute approximate surface area is 142 Å². The third kappa shape index (κ3) is 3.70. The average Bonchev–Trinajstić information content (AvgIpc) is 2.92. The van der Waals surface area contributed by atoms with E-state index in [9.17, 15) is 0 Å². The second-order valence-corrected chi connectivity index (χ2v) is 7.14. The molecule has 1 aromatic heterocycles. The van der Waals surface area contributed by atoms with Crippen molar-refractivity contribution in [3.8, 4) is 0 Å². The van der Waals surface area contributed by atoms with Crippen LogP contribution in [-0.2, 0) is 5.75 Å². The predicted molar refractivity (Wildman–Crippen MR) is 101 cm³/mol. The molecule has 0 saturated heterocycles. The zero-order valence-electron chi connectivity index (χ0n) is 13.9. The van der Waals surface area contributed by atoms with Crippen LogP contribution < -0.4 is 4.90 Å². The number of fused-ring (bicyclic) bond motifs is 1. The van der Waals surface area contributed by atoms with Gasteiger partial charge in [0.05, 0.1) is 11.0 Å². The second kappa shape index (κ2) is 7.09. The van der Waals surface area contributed by atoms with Crippen molar-refractivity contribution < 1.29 is 0 Å². The van der Waals surface area contributed by atoms with E-state index in [1.807, 2.05) is 6.07 Å². The third-order valence-corrected chi connectivity index (χ3v) is 4.77. The summed E-state index contributed by atoms with van der Waals surface area (Å²) in [6, 6.07) is 18.9. The van der Waals surface area contributed by atoms with Crippen LogP contribution >= 0.6 is 11.9 Å². The fourth-order valence-corrected chi connectivity index (χ4v) is 3.76. The van der Waals surface area contributed by atoms with E-state index in [1.54, 1.807) is 11.9 Å². The number of para-hydroxylation sites is 2. The van der Waals surface area contributed by atoms with Crippen LogP contribution in [0.15, 0.2) is 54.6 Å². The maximum atomic E-state index is 4.85. The molecule has 0 saturated carbocycles. The Kier molecular flexibility index (Phi) is 4.91. The molecule has 0 N–H and O–H groups in total. The van der Waals surface area contributed by atoms with Gasteiger partial charge in [-0.05, 0) is 35.6 Å². The highest BCUT2D eigenvalue weighted by Gasteiger charge is 2.15. The van der Waals surface area contributed by atoms with E-state index >= 15 is 0 Å². The van der Waals surface area contributed by atoms with Gasteiger partial charge in [0, 0.05) is 19.3 Å². The SMILES string of the molecule is CC(C)CN(C)c1nc2ccccc2n1SCc1ccccc1. The number of hydrogen-bond acceptors (Lipinski definition) is 3. The van der Waals surface area contributed by atoms with Gasteiger partial charge in [-0.1, -0.05) is 56.3 Å². The topological polar surface area (TPSA) is 21.1 Å². The molecule has 3 aromatic rings. The van der Waals surface area contributed by atoms with Gasteiger partial charge in [-0.15, -0.1) is 0 Å². The highest BCUT2D eigenvalue weighted by molar-refractivity contribution is 7.97. The van der Waals surface area contributed by atoms with Crippen molar-refractivity contribution in [2.24, 2.45) is 5.92 Å². The molecule has 3 nitrogen and oxygen atoms in total. The van der Waals surface area contributed by atoms with Crippen LogP contribution in [0.5, 0.6) is 0 Å². The van der Waals surface area contributed by atoms with Gasteiger partial charge in [0.2, 0.25) is 5.95 Å². The Morgan fingerprint density at radius 1 is 1.04 bits per heavy atom. The summed E-state index contributed by atoms with van der Waals surface area (Å²) in [6.45, 7) is 5.47. The smallest absolute Gasteiger partial charge is 0.216 e.